The SMILES string of the molecule is CC(C1CCNCC1)S(N)(=O)=O. The van der Waals surface area contributed by atoms with Gasteiger partial charge in [-0.2, -0.15) is 0 Å². The molecule has 12 heavy (non-hydrogen) atoms. The Labute approximate surface area is 73.6 Å². The van der Waals surface area contributed by atoms with Crippen LogP contribution in [-0.4, -0.2) is 26.8 Å². The van der Waals surface area contributed by atoms with Crippen molar-refractivity contribution < 1.29 is 8.42 Å². The Morgan fingerprint density at radius 2 is 1.92 bits per heavy atom. The lowest BCUT2D eigenvalue weighted by Gasteiger charge is -2.26. The maximum absolute atomic E-state index is 11.0. The molecule has 4 nitrogen and oxygen atoms in total. The average Bonchev–Trinajstić information content (AvgIpc) is 2.03. The monoisotopic (exact) mass is 192 g/mol. The van der Waals surface area contributed by atoms with Gasteiger partial charge in [0.05, 0.1) is 5.25 Å². The van der Waals surface area contributed by atoms with Gasteiger partial charge in [0, 0.05) is 0 Å². The van der Waals surface area contributed by atoms with Crippen LogP contribution in [0.3, 0.4) is 0 Å². The fraction of sp³-hybridized carbons (Fsp3) is 1.00. The van der Waals surface area contributed by atoms with E-state index in [1.54, 1.807) is 6.92 Å². The van der Waals surface area contributed by atoms with E-state index < -0.39 is 10.0 Å². The molecule has 1 rings (SSSR count). The Morgan fingerprint density at radius 3 is 2.33 bits per heavy atom. The van der Waals surface area contributed by atoms with Crippen LogP contribution in [0, 0.1) is 5.92 Å². The molecular weight excluding hydrogens is 176 g/mol. The van der Waals surface area contributed by atoms with Crippen molar-refractivity contribution in [1.82, 2.24) is 5.32 Å². The normalized spacial score (nSPS) is 23.8. The molecule has 0 aromatic heterocycles. The summed E-state index contributed by atoms with van der Waals surface area (Å²) in [6.45, 7) is 3.51. The lowest BCUT2D eigenvalue weighted by molar-refractivity contribution is 0.363. The summed E-state index contributed by atoms with van der Waals surface area (Å²) in [7, 11) is -3.33. The summed E-state index contributed by atoms with van der Waals surface area (Å²) in [6.07, 6.45) is 1.83. The zero-order valence-corrected chi connectivity index (χ0v) is 8.10. The van der Waals surface area contributed by atoms with Crippen molar-refractivity contribution >= 4 is 10.0 Å². The van der Waals surface area contributed by atoms with E-state index in [0.29, 0.717) is 0 Å². The third-order valence-electron chi connectivity index (χ3n) is 2.57. The Balaban J connectivity index is 2.57. The molecule has 0 bridgehead atoms. The lowest BCUT2D eigenvalue weighted by atomic mass is 9.95. The van der Waals surface area contributed by atoms with Crippen LogP contribution in [0.15, 0.2) is 0 Å². The minimum absolute atomic E-state index is 0.237. The van der Waals surface area contributed by atoms with Gasteiger partial charge in [-0.15, -0.1) is 0 Å². The van der Waals surface area contributed by atoms with Crippen molar-refractivity contribution in [2.45, 2.75) is 25.0 Å². The van der Waals surface area contributed by atoms with Crippen LogP contribution in [0.4, 0.5) is 0 Å². The van der Waals surface area contributed by atoms with Crippen LogP contribution in [0.25, 0.3) is 0 Å². The quantitative estimate of drug-likeness (QED) is 0.629. The molecule has 0 amide bonds. The van der Waals surface area contributed by atoms with E-state index in [9.17, 15) is 8.42 Å². The topological polar surface area (TPSA) is 72.2 Å². The Morgan fingerprint density at radius 1 is 1.42 bits per heavy atom. The van der Waals surface area contributed by atoms with E-state index in [4.69, 9.17) is 5.14 Å². The molecule has 0 aromatic rings. The standard InChI is InChI=1S/C7H16N2O2S/c1-6(12(8,10)11)7-2-4-9-5-3-7/h6-7,9H,2-5H2,1H3,(H2,8,10,11). The Kier molecular flexibility index (Phi) is 3.09. The van der Waals surface area contributed by atoms with E-state index in [1.165, 1.54) is 0 Å². The molecular formula is C7H16N2O2S. The van der Waals surface area contributed by atoms with Crippen LogP contribution in [0.2, 0.25) is 0 Å². The molecule has 1 saturated heterocycles. The lowest BCUT2D eigenvalue weighted by Crippen LogP contribution is -2.39. The first-order chi connectivity index (χ1) is 5.52. The highest BCUT2D eigenvalue weighted by molar-refractivity contribution is 7.89. The summed E-state index contributed by atoms with van der Waals surface area (Å²) >= 11 is 0. The molecule has 3 N–H and O–H groups in total. The van der Waals surface area contributed by atoms with Crippen LogP contribution < -0.4 is 10.5 Å². The second-order valence-corrected chi connectivity index (χ2v) is 5.30. The maximum Gasteiger partial charge on any atom is 0.211 e. The van der Waals surface area contributed by atoms with Crippen LogP contribution >= 0.6 is 0 Å². The van der Waals surface area contributed by atoms with Crippen molar-refractivity contribution in [2.75, 3.05) is 13.1 Å². The van der Waals surface area contributed by atoms with Gasteiger partial charge in [-0.05, 0) is 38.8 Å². The van der Waals surface area contributed by atoms with Gasteiger partial charge in [0.15, 0.2) is 0 Å². The predicted molar refractivity (Wildman–Crippen MR) is 48.2 cm³/mol. The van der Waals surface area contributed by atoms with E-state index in [1.807, 2.05) is 0 Å². The summed E-state index contributed by atoms with van der Waals surface area (Å²) in [5.74, 6) is 0.237. The van der Waals surface area contributed by atoms with Gasteiger partial charge in [0.1, 0.15) is 0 Å². The molecule has 5 heteroatoms. The summed E-state index contributed by atoms with van der Waals surface area (Å²) in [6, 6.07) is 0. The molecule has 1 atom stereocenters. The van der Waals surface area contributed by atoms with Gasteiger partial charge in [-0.25, -0.2) is 13.6 Å². The maximum atomic E-state index is 11.0. The number of sulfonamides is 1. The van der Waals surface area contributed by atoms with Crippen LogP contribution in [-0.2, 0) is 10.0 Å². The number of rotatable bonds is 2. The molecule has 1 fully saturated rings. The summed E-state index contributed by atoms with van der Waals surface area (Å²) in [5, 5.41) is 7.86. The number of nitrogens with one attached hydrogen (secondary N) is 1. The second kappa shape index (κ2) is 3.72. The summed E-state index contributed by atoms with van der Waals surface area (Å²) in [4.78, 5) is 0. The molecule has 0 spiro atoms. The molecule has 1 heterocycles. The zero-order chi connectivity index (χ0) is 9.19. The van der Waals surface area contributed by atoms with Gasteiger partial charge in [0.2, 0.25) is 10.0 Å². The van der Waals surface area contributed by atoms with Gasteiger partial charge in [0.25, 0.3) is 0 Å². The summed E-state index contributed by atoms with van der Waals surface area (Å²) < 4.78 is 22.0. The molecule has 1 aliphatic heterocycles. The molecule has 1 unspecified atom stereocenters. The number of nitrogens with two attached hydrogens (primary N) is 1. The Bertz CT molecular complexity index is 232. The van der Waals surface area contributed by atoms with Gasteiger partial charge in [-0.3, -0.25) is 0 Å². The molecule has 1 aliphatic rings. The fourth-order valence-electron chi connectivity index (χ4n) is 1.58. The molecule has 0 radical (unpaired) electrons. The van der Waals surface area contributed by atoms with Crippen molar-refractivity contribution in [3.8, 4) is 0 Å². The van der Waals surface area contributed by atoms with Gasteiger partial charge < -0.3 is 5.32 Å². The number of piperidine rings is 1. The van der Waals surface area contributed by atoms with Crippen molar-refractivity contribution in [3.63, 3.8) is 0 Å². The summed E-state index contributed by atoms with van der Waals surface area (Å²) in [5.41, 5.74) is 0. The molecule has 0 saturated carbocycles. The molecule has 72 valence electrons. The smallest absolute Gasteiger partial charge is 0.211 e. The van der Waals surface area contributed by atoms with Crippen molar-refractivity contribution in [2.24, 2.45) is 11.1 Å². The predicted octanol–water partition coefficient (Wildman–Crippen LogP) is -0.337. The first-order valence-corrected chi connectivity index (χ1v) is 5.85. The van der Waals surface area contributed by atoms with E-state index >= 15 is 0 Å². The van der Waals surface area contributed by atoms with Gasteiger partial charge in [-0.1, -0.05) is 0 Å². The van der Waals surface area contributed by atoms with Crippen LogP contribution in [0.5, 0.6) is 0 Å². The highest BCUT2D eigenvalue weighted by atomic mass is 32.2. The zero-order valence-electron chi connectivity index (χ0n) is 7.29. The third-order valence-corrected chi connectivity index (χ3v) is 3.99. The Hall–Kier alpha value is -0.130. The first kappa shape index (κ1) is 9.95. The van der Waals surface area contributed by atoms with E-state index in [-0.39, 0.29) is 11.2 Å². The number of hydrogen-bond acceptors (Lipinski definition) is 3. The van der Waals surface area contributed by atoms with E-state index in [0.717, 1.165) is 25.9 Å². The van der Waals surface area contributed by atoms with Crippen molar-refractivity contribution in [1.29, 1.82) is 0 Å². The highest BCUT2D eigenvalue weighted by Crippen LogP contribution is 2.19. The highest BCUT2D eigenvalue weighted by Gasteiger charge is 2.27. The fourth-order valence-corrected chi connectivity index (χ4v) is 2.39. The first-order valence-electron chi connectivity index (χ1n) is 4.24. The minimum Gasteiger partial charge on any atom is -0.317 e. The van der Waals surface area contributed by atoms with Crippen molar-refractivity contribution in [3.05, 3.63) is 0 Å². The van der Waals surface area contributed by atoms with E-state index in [2.05, 4.69) is 5.32 Å². The average molecular weight is 192 g/mol. The van der Waals surface area contributed by atoms with Gasteiger partial charge >= 0.3 is 0 Å². The number of hydrogen-bond donors (Lipinski definition) is 2. The number of primary sulfonamides is 1. The third kappa shape index (κ3) is 2.43. The van der Waals surface area contributed by atoms with Crippen LogP contribution in [0.1, 0.15) is 19.8 Å². The second-order valence-electron chi connectivity index (χ2n) is 3.38. The largest absolute Gasteiger partial charge is 0.317 e. The minimum atomic E-state index is -3.33. The molecule has 0 aromatic carbocycles. The molecule has 0 aliphatic carbocycles.